The van der Waals surface area contributed by atoms with Gasteiger partial charge in [-0.15, -0.1) is 0 Å². The van der Waals surface area contributed by atoms with Crippen LogP contribution in [0.4, 0.5) is 0 Å². The van der Waals surface area contributed by atoms with Gasteiger partial charge in [0.2, 0.25) is 0 Å². The van der Waals surface area contributed by atoms with Crippen LogP contribution in [0, 0.1) is 6.92 Å². The first-order valence-electron chi connectivity index (χ1n) is 7.23. The molecule has 0 aliphatic carbocycles. The molecule has 2 aliphatic rings. The van der Waals surface area contributed by atoms with Gasteiger partial charge >= 0.3 is 0 Å². The highest BCUT2D eigenvalue weighted by atomic mass is 16.5. The van der Waals surface area contributed by atoms with E-state index in [1.807, 2.05) is 4.90 Å². The van der Waals surface area contributed by atoms with E-state index < -0.39 is 0 Å². The maximum absolute atomic E-state index is 12.6. The number of hydrogen-bond acceptors (Lipinski definition) is 4. The minimum atomic E-state index is 0.0807. The van der Waals surface area contributed by atoms with E-state index in [2.05, 4.69) is 10.5 Å². The molecule has 2 unspecified atom stereocenters. The fourth-order valence-electron chi connectivity index (χ4n) is 3.33. The second kappa shape index (κ2) is 5.33. The average molecular weight is 263 g/mol. The molecule has 5 heteroatoms. The topological polar surface area (TPSA) is 58.4 Å². The molecule has 0 aromatic carbocycles. The Kier molecular flexibility index (Phi) is 3.55. The average Bonchev–Trinajstić information content (AvgIpc) is 3.09. The second-order valence-electron chi connectivity index (χ2n) is 5.56. The van der Waals surface area contributed by atoms with Gasteiger partial charge in [-0.2, -0.15) is 0 Å². The lowest BCUT2D eigenvalue weighted by atomic mass is 9.94. The molecule has 19 heavy (non-hydrogen) atoms. The van der Waals surface area contributed by atoms with Crippen molar-refractivity contribution in [3.63, 3.8) is 0 Å². The molecule has 5 nitrogen and oxygen atoms in total. The summed E-state index contributed by atoms with van der Waals surface area (Å²) in [6.07, 6.45) is 7.36. The number of piperidine rings is 1. The monoisotopic (exact) mass is 263 g/mol. The Labute approximate surface area is 113 Å². The van der Waals surface area contributed by atoms with Gasteiger partial charge in [-0.05, 0) is 45.6 Å². The molecule has 3 rings (SSSR count). The molecule has 3 heterocycles. The van der Waals surface area contributed by atoms with Crippen molar-refractivity contribution in [2.24, 2.45) is 0 Å². The molecule has 2 aliphatic heterocycles. The fourth-order valence-corrected chi connectivity index (χ4v) is 3.33. The summed E-state index contributed by atoms with van der Waals surface area (Å²) in [5, 5.41) is 7.26. The minimum absolute atomic E-state index is 0.0807. The summed E-state index contributed by atoms with van der Waals surface area (Å²) in [5.41, 5.74) is 0.616. The first kappa shape index (κ1) is 12.7. The fraction of sp³-hybridized carbons (Fsp3) is 0.714. The van der Waals surface area contributed by atoms with Crippen molar-refractivity contribution in [2.75, 3.05) is 13.1 Å². The Morgan fingerprint density at radius 1 is 1.42 bits per heavy atom. The van der Waals surface area contributed by atoms with Crippen LogP contribution in [-0.2, 0) is 0 Å². The van der Waals surface area contributed by atoms with Crippen molar-refractivity contribution in [1.29, 1.82) is 0 Å². The molecular weight excluding hydrogens is 242 g/mol. The molecule has 104 valence electrons. The van der Waals surface area contributed by atoms with E-state index in [4.69, 9.17) is 4.52 Å². The Balaban J connectivity index is 1.80. The Morgan fingerprint density at radius 3 is 3.00 bits per heavy atom. The third kappa shape index (κ3) is 2.39. The lowest BCUT2D eigenvalue weighted by Crippen LogP contribution is -2.52. The summed E-state index contributed by atoms with van der Waals surface area (Å²) in [5.74, 6) is 0.700. The number of aryl methyl sites for hydroxylation is 1. The summed E-state index contributed by atoms with van der Waals surface area (Å²) >= 11 is 0. The van der Waals surface area contributed by atoms with Gasteiger partial charge in [0.05, 0.1) is 6.20 Å². The van der Waals surface area contributed by atoms with Crippen LogP contribution >= 0.6 is 0 Å². The molecule has 1 N–H and O–H groups in total. The maximum atomic E-state index is 12.6. The summed E-state index contributed by atoms with van der Waals surface area (Å²) < 4.78 is 5.02. The van der Waals surface area contributed by atoms with E-state index in [0.29, 0.717) is 23.4 Å². The second-order valence-corrected chi connectivity index (χ2v) is 5.56. The Morgan fingerprint density at radius 2 is 2.32 bits per heavy atom. The molecule has 2 saturated heterocycles. The smallest absolute Gasteiger partial charge is 0.259 e. The molecule has 0 spiro atoms. The molecule has 2 fully saturated rings. The van der Waals surface area contributed by atoms with Gasteiger partial charge in [-0.1, -0.05) is 5.16 Å². The lowest BCUT2D eigenvalue weighted by Gasteiger charge is -2.39. The zero-order valence-corrected chi connectivity index (χ0v) is 11.4. The van der Waals surface area contributed by atoms with Crippen LogP contribution < -0.4 is 5.32 Å². The minimum Gasteiger partial charge on any atom is -0.361 e. The summed E-state index contributed by atoms with van der Waals surface area (Å²) in [6.45, 7) is 3.73. The van der Waals surface area contributed by atoms with Gasteiger partial charge in [-0.3, -0.25) is 4.79 Å². The highest BCUT2D eigenvalue weighted by molar-refractivity contribution is 5.95. The van der Waals surface area contributed by atoms with Crippen LogP contribution in [0.2, 0.25) is 0 Å². The van der Waals surface area contributed by atoms with Crippen molar-refractivity contribution in [3.05, 3.63) is 17.5 Å². The number of hydrogen-bond donors (Lipinski definition) is 1. The number of rotatable bonds is 2. The molecule has 1 aromatic heterocycles. The number of carbonyl (C=O) groups excluding carboxylic acids is 1. The molecule has 1 amide bonds. The number of aromatic nitrogens is 1. The van der Waals surface area contributed by atoms with E-state index in [1.54, 1.807) is 13.1 Å². The van der Waals surface area contributed by atoms with E-state index >= 15 is 0 Å². The van der Waals surface area contributed by atoms with Crippen molar-refractivity contribution >= 4 is 5.91 Å². The van der Waals surface area contributed by atoms with Crippen LogP contribution in [0.15, 0.2) is 10.7 Å². The molecular formula is C14H21N3O2. The molecule has 0 saturated carbocycles. The van der Waals surface area contributed by atoms with Crippen molar-refractivity contribution in [2.45, 2.75) is 51.1 Å². The van der Waals surface area contributed by atoms with E-state index in [9.17, 15) is 4.79 Å². The first-order chi connectivity index (χ1) is 9.27. The summed E-state index contributed by atoms with van der Waals surface area (Å²) in [4.78, 5) is 14.7. The Bertz CT molecular complexity index is 451. The Hall–Kier alpha value is -1.36. The normalized spacial score (nSPS) is 27.7. The van der Waals surface area contributed by atoms with Gasteiger partial charge in [0.15, 0.2) is 0 Å². The molecule has 2 atom stereocenters. The van der Waals surface area contributed by atoms with Crippen molar-refractivity contribution in [3.8, 4) is 0 Å². The number of amides is 1. The van der Waals surface area contributed by atoms with Gasteiger partial charge in [0, 0.05) is 18.6 Å². The number of carbonyl (C=O) groups is 1. The van der Waals surface area contributed by atoms with Crippen LogP contribution in [0.25, 0.3) is 0 Å². The third-order valence-corrected chi connectivity index (χ3v) is 4.35. The van der Waals surface area contributed by atoms with Crippen LogP contribution in [0.5, 0.6) is 0 Å². The molecule has 1 aromatic rings. The third-order valence-electron chi connectivity index (χ3n) is 4.35. The standard InChI is InChI=1S/C14H21N3O2/c1-10-11(9-16-19-10)14(18)17-8-3-2-6-13(17)12-5-4-7-15-12/h9,12-13,15H,2-8H2,1H3. The lowest BCUT2D eigenvalue weighted by molar-refractivity contribution is 0.0562. The number of nitrogens with zero attached hydrogens (tertiary/aromatic N) is 2. The van der Waals surface area contributed by atoms with Crippen molar-refractivity contribution < 1.29 is 9.32 Å². The largest absolute Gasteiger partial charge is 0.361 e. The van der Waals surface area contributed by atoms with Crippen molar-refractivity contribution in [1.82, 2.24) is 15.4 Å². The van der Waals surface area contributed by atoms with Crippen LogP contribution in [0.3, 0.4) is 0 Å². The van der Waals surface area contributed by atoms with E-state index in [-0.39, 0.29) is 5.91 Å². The number of nitrogens with one attached hydrogen (secondary N) is 1. The van der Waals surface area contributed by atoms with E-state index in [1.165, 1.54) is 19.3 Å². The number of likely N-dealkylation sites (tertiary alicyclic amines) is 1. The van der Waals surface area contributed by atoms with Gasteiger partial charge in [-0.25, -0.2) is 0 Å². The maximum Gasteiger partial charge on any atom is 0.259 e. The molecule has 0 bridgehead atoms. The zero-order chi connectivity index (χ0) is 13.2. The van der Waals surface area contributed by atoms with Gasteiger partial charge in [0.25, 0.3) is 5.91 Å². The van der Waals surface area contributed by atoms with E-state index in [0.717, 1.165) is 25.9 Å². The first-order valence-corrected chi connectivity index (χ1v) is 7.23. The summed E-state index contributed by atoms with van der Waals surface area (Å²) in [7, 11) is 0. The van der Waals surface area contributed by atoms with Crippen LogP contribution in [-0.4, -0.2) is 41.1 Å². The predicted molar refractivity (Wildman–Crippen MR) is 70.9 cm³/mol. The quantitative estimate of drug-likeness (QED) is 0.883. The highest BCUT2D eigenvalue weighted by Gasteiger charge is 2.35. The molecule has 0 radical (unpaired) electrons. The van der Waals surface area contributed by atoms with Gasteiger partial charge in [0.1, 0.15) is 11.3 Å². The highest BCUT2D eigenvalue weighted by Crippen LogP contribution is 2.26. The summed E-state index contributed by atoms with van der Waals surface area (Å²) in [6, 6.07) is 0.794. The SMILES string of the molecule is Cc1oncc1C(=O)N1CCCCC1C1CCCN1. The zero-order valence-electron chi connectivity index (χ0n) is 11.4. The van der Waals surface area contributed by atoms with Gasteiger partial charge < -0.3 is 14.7 Å². The van der Waals surface area contributed by atoms with Crippen LogP contribution in [0.1, 0.15) is 48.2 Å². The predicted octanol–water partition coefficient (Wildman–Crippen LogP) is 1.73.